The van der Waals surface area contributed by atoms with Gasteiger partial charge in [0.15, 0.2) is 0 Å². The highest BCUT2D eigenvalue weighted by atomic mass is 16.4. The van der Waals surface area contributed by atoms with E-state index in [1.165, 1.54) is 28.9 Å². The Bertz CT molecular complexity index is 737. The van der Waals surface area contributed by atoms with Gasteiger partial charge in [-0.15, -0.1) is 0 Å². The number of carboxylic acids is 1. The SMILES string of the molecule is CC1=C(C)C(=C/C(C)=C\C(=O)Nc2ccc(C(=O)O)cc2)CCC1. The van der Waals surface area contributed by atoms with Crippen LogP contribution in [0.3, 0.4) is 0 Å². The maximum Gasteiger partial charge on any atom is 0.335 e. The molecule has 0 saturated heterocycles. The van der Waals surface area contributed by atoms with Crippen molar-refractivity contribution >= 4 is 17.6 Å². The molecule has 1 aliphatic carbocycles. The Morgan fingerprint density at radius 3 is 2.42 bits per heavy atom. The second-order valence-electron chi connectivity index (χ2n) is 6.19. The molecule has 0 atom stereocenters. The van der Waals surface area contributed by atoms with Crippen LogP contribution in [0.15, 0.2) is 58.7 Å². The van der Waals surface area contributed by atoms with E-state index in [0.717, 1.165) is 24.8 Å². The minimum atomic E-state index is -0.985. The van der Waals surface area contributed by atoms with Crippen LogP contribution in [0.4, 0.5) is 5.69 Å². The first-order valence-corrected chi connectivity index (χ1v) is 8.07. The van der Waals surface area contributed by atoms with Crippen molar-refractivity contribution in [1.29, 1.82) is 0 Å². The van der Waals surface area contributed by atoms with Gasteiger partial charge in [0.25, 0.3) is 0 Å². The van der Waals surface area contributed by atoms with Crippen molar-refractivity contribution in [2.24, 2.45) is 0 Å². The maximum absolute atomic E-state index is 12.1. The fourth-order valence-corrected chi connectivity index (χ4v) is 2.77. The van der Waals surface area contributed by atoms with Crippen LogP contribution in [0.25, 0.3) is 0 Å². The summed E-state index contributed by atoms with van der Waals surface area (Å²) in [6.07, 6.45) is 7.00. The monoisotopic (exact) mass is 325 g/mol. The zero-order chi connectivity index (χ0) is 17.7. The molecule has 1 amide bonds. The predicted molar refractivity (Wildman–Crippen MR) is 96.1 cm³/mol. The molecular weight excluding hydrogens is 302 g/mol. The third-order valence-electron chi connectivity index (χ3n) is 4.28. The molecule has 0 saturated carbocycles. The highest BCUT2D eigenvalue weighted by Gasteiger charge is 2.10. The fourth-order valence-electron chi connectivity index (χ4n) is 2.77. The highest BCUT2D eigenvalue weighted by Crippen LogP contribution is 2.29. The Hall–Kier alpha value is -2.62. The number of rotatable bonds is 4. The third kappa shape index (κ3) is 4.69. The van der Waals surface area contributed by atoms with Crippen LogP contribution in [0.5, 0.6) is 0 Å². The van der Waals surface area contributed by atoms with E-state index in [1.54, 1.807) is 18.2 Å². The lowest BCUT2D eigenvalue weighted by Crippen LogP contribution is -2.09. The quantitative estimate of drug-likeness (QED) is 0.787. The van der Waals surface area contributed by atoms with Gasteiger partial charge in [-0.3, -0.25) is 4.79 Å². The lowest BCUT2D eigenvalue weighted by Gasteiger charge is -2.18. The average molecular weight is 325 g/mol. The number of aromatic carboxylic acids is 1. The van der Waals surface area contributed by atoms with Crippen LogP contribution in [0.2, 0.25) is 0 Å². The molecule has 0 aromatic heterocycles. The molecule has 2 N–H and O–H groups in total. The first-order valence-electron chi connectivity index (χ1n) is 8.07. The molecule has 0 bridgehead atoms. The summed E-state index contributed by atoms with van der Waals surface area (Å²) in [5.41, 5.74) is 5.72. The summed E-state index contributed by atoms with van der Waals surface area (Å²) in [5, 5.41) is 11.6. The predicted octanol–water partition coefficient (Wildman–Crippen LogP) is 4.72. The maximum atomic E-state index is 12.1. The van der Waals surface area contributed by atoms with E-state index in [1.807, 2.05) is 6.92 Å². The van der Waals surface area contributed by atoms with Crippen molar-refractivity contribution in [1.82, 2.24) is 0 Å². The molecule has 2 rings (SSSR count). The van der Waals surface area contributed by atoms with Gasteiger partial charge in [0.2, 0.25) is 5.91 Å². The van der Waals surface area contributed by atoms with E-state index in [-0.39, 0.29) is 11.5 Å². The molecule has 1 aromatic carbocycles. The Labute approximate surface area is 142 Å². The van der Waals surface area contributed by atoms with Gasteiger partial charge in [-0.25, -0.2) is 4.79 Å². The molecule has 126 valence electrons. The number of nitrogens with one attached hydrogen (secondary N) is 1. The number of benzene rings is 1. The normalized spacial score (nSPS) is 17.1. The Balaban J connectivity index is 2.06. The van der Waals surface area contributed by atoms with Gasteiger partial charge in [0.1, 0.15) is 0 Å². The largest absolute Gasteiger partial charge is 0.478 e. The molecule has 1 aliphatic rings. The fraction of sp³-hybridized carbons (Fsp3) is 0.300. The molecule has 0 unspecified atom stereocenters. The van der Waals surface area contributed by atoms with E-state index >= 15 is 0 Å². The van der Waals surface area contributed by atoms with Crippen LogP contribution in [-0.2, 0) is 4.79 Å². The van der Waals surface area contributed by atoms with Gasteiger partial charge in [-0.2, -0.15) is 0 Å². The van der Waals surface area contributed by atoms with Crippen molar-refractivity contribution in [3.05, 3.63) is 64.3 Å². The smallest absolute Gasteiger partial charge is 0.335 e. The number of hydrogen-bond donors (Lipinski definition) is 2. The molecule has 0 aliphatic heterocycles. The summed E-state index contributed by atoms with van der Waals surface area (Å²) in [6.45, 7) is 6.21. The summed E-state index contributed by atoms with van der Waals surface area (Å²) >= 11 is 0. The number of amides is 1. The number of carbonyl (C=O) groups is 2. The molecule has 4 nitrogen and oxygen atoms in total. The highest BCUT2D eigenvalue weighted by molar-refractivity contribution is 6.00. The minimum Gasteiger partial charge on any atom is -0.478 e. The number of hydrogen-bond acceptors (Lipinski definition) is 2. The van der Waals surface area contributed by atoms with Gasteiger partial charge < -0.3 is 10.4 Å². The van der Waals surface area contributed by atoms with E-state index in [0.29, 0.717) is 5.69 Å². The van der Waals surface area contributed by atoms with Gasteiger partial charge >= 0.3 is 5.97 Å². The summed E-state index contributed by atoms with van der Waals surface area (Å²) < 4.78 is 0. The third-order valence-corrected chi connectivity index (χ3v) is 4.28. The van der Waals surface area contributed by atoms with Crippen molar-refractivity contribution < 1.29 is 14.7 Å². The van der Waals surface area contributed by atoms with Crippen molar-refractivity contribution in [3.63, 3.8) is 0 Å². The van der Waals surface area contributed by atoms with Crippen LogP contribution < -0.4 is 5.32 Å². The lowest BCUT2D eigenvalue weighted by atomic mass is 9.88. The first-order chi connectivity index (χ1) is 11.4. The van der Waals surface area contributed by atoms with Crippen LogP contribution >= 0.6 is 0 Å². The topological polar surface area (TPSA) is 66.4 Å². The van der Waals surface area contributed by atoms with E-state index < -0.39 is 5.97 Å². The number of carboxylic acid groups (broad SMARTS) is 1. The van der Waals surface area contributed by atoms with E-state index in [9.17, 15) is 9.59 Å². The molecule has 0 fully saturated rings. The van der Waals surface area contributed by atoms with Gasteiger partial charge in [-0.05, 0) is 81.0 Å². The van der Waals surface area contributed by atoms with Crippen LogP contribution in [0, 0.1) is 0 Å². The Kier molecular flexibility index (Phi) is 5.74. The standard InChI is InChI=1S/C20H23NO3/c1-13(11-17-6-4-5-14(2)15(17)3)12-19(22)21-18-9-7-16(8-10-18)20(23)24/h7-12H,4-6H2,1-3H3,(H,21,22)(H,23,24)/b13-12-,17-11?. The molecule has 1 aromatic rings. The van der Waals surface area contributed by atoms with Gasteiger partial charge in [0.05, 0.1) is 5.56 Å². The summed E-state index contributed by atoms with van der Waals surface area (Å²) in [7, 11) is 0. The second kappa shape index (κ2) is 7.77. The average Bonchev–Trinajstić information content (AvgIpc) is 2.52. The molecule has 4 heteroatoms. The molecule has 24 heavy (non-hydrogen) atoms. The van der Waals surface area contributed by atoms with Crippen molar-refractivity contribution in [3.8, 4) is 0 Å². The van der Waals surface area contributed by atoms with Gasteiger partial charge in [-0.1, -0.05) is 11.6 Å². The number of allylic oxidation sites excluding steroid dienone is 5. The lowest BCUT2D eigenvalue weighted by molar-refractivity contribution is -0.111. The first kappa shape index (κ1) is 17.7. The summed E-state index contributed by atoms with van der Waals surface area (Å²) in [6, 6.07) is 6.10. The van der Waals surface area contributed by atoms with Crippen LogP contribution in [0.1, 0.15) is 50.4 Å². The van der Waals surface area contributed by atoms with Crippen LogP contribution in [-0.4, -0.2) is 17.0 Å². The number of anilines is 1. The van der Waals surface area contributed by atoms with Gasteiger partial charge in [0, 0.05) is 11.8 Å². The molecule has 0 spiro atoms. The van der Waals surface area contributed by atoms with Crippen molar-refractivity contribution in [2.75, 3.05) is 5.32 Å². The zero-order valence-corrected chi connectivity index (χ0v) is 14.3. The Morgan fingerprint density at radius 1 is 1.12 bits per heavy atom. The molecule has 0 heterocycles. The zero-order valence-electron chi connectivity index (χ0n) is 14.3. The molecular formula is C20H23NO3. The van der Waals surface area contributed by atoms with E-state index in [4.69, 9.17) is 5.11 Å². The second-order valence-corrected chi connectivity index (χ2v) is 6.19. The Morgan fingerprint density at radius 2 is 1.79 bits per heavy atom. The minimum absolute atomic E-state index is 0.194. The summed E-state index contributed by atoms with van der Waals surface area (Å²) in [5.74, 6) is -1.21. The summed E-state index contributed by atoms with van der Waals surface area (Å²) in [4.78, 5) is 22.9. The van der Waals surface area contributed by atoms with E-state index in [2.05, 4.69) is 25.2 Å². The molecule has 0 radical (unpaired) electrons. The van der Waals surface area contributed by atoms with Crippen molar-refractivity contribution in [2.45, 2.75) is 40.0 Å². The number of carbonyl (C=O) groups excluding carboxylic acids is 1.